The van der Waals surface area contributed by atoms with Crippen LogP contribution in [0, 0.1) is 6.92 Å². The molecule has 7 N–H and O–H groups in total. The summed E-state index contributed by atoms with van der Waals surface area (Å²) in [5, 5.41) is 9.73. The molecule has 78 valence electrons. The Labute approximate surface area is 83.7 Å². The Hall–Kier alpha value is -1.26. The summed E-state index contributed by atoms with van der Waals surface area (Å²) in [5.41, 5.74) is 18.9. The third-order valence-corrected chi connectivity index (χ3v) is 2.31. The SMILES string of the molecule is Cc1ccc(N)c(O)c1[C@@H](N)CCN. The zero-order valence-electron chi connectivity index (χ0n) is 8.33. The number of hydrogen-bond donors (Lipinski definition) is 4. The molecule has 0 saturated heterocycles. The third kappa shape index (κ3) is 1.97. The fourth-order valence-corrected chi connectivity index (χ4v) is 1.52. The summed E-state index contributed by atoms with van der Waals surface area (Å²) < 4.78 is 0. The minimum Gasteiger partial charge on any atom is -0.505 e. The summed E-state index contributed by atoms with van der Waals surface area (Å²) in [7, 11) is 0. The lowest BCUT2D eigenvalue weighted by Crippen LogP contribution is -2.16. The van der Waals surface area contributed by atoms with Gasteiger partial charge in [-0.2, -0.15) is 0 Å². The van der Waals surface area contributed by atoms with Crippen LogP contribution in [0.3, 0.4) is 0 Å². The molecule has 0 aromatic heterocycles. The average Bonchev–Trinajstić information content (AvgIpc) is 2.13. The number of nitrogen functional groups attached to an aromatic ring is 1. The van der Waals surface area contributed by atoms with Crippen molar-refractivity contribution in [1.29, 1.82) is 0 Å². The van der Waals surface area contributed by atoms with Gasteiger partial charge in [0, 0.05) is 11.6 Å². The quantitative estimate of drug-likeness (QED) is 0.420. The van der Waals surface area contributed by atoms with Crippen LogP contribution in [0.1, 0.15) is 23.6 Å². The molecule has 0 radical (unpaired) electrons. The second kappa shape index (κ2) is 4.30. The van der Waals surface area contributed by atoms with Crippen molar-refractivity contribution in [3.8, 4) is 5.75 Å². The van der Waals surface area contributed by atoms with Gasteiger partial charge in [0.2, 0.25) is 0 Å². The van der Waals surface area contributed by atoms with E-state index in [4.69, 9.17) is 17.2 Å². The Morgan fingerprint density at radius 2 is 2.07 bits per heavy atom. The van der Waals surface area contributed by atoms with Gasteiger partial charge in [-0.3, -0.25) is 0 Å². The summed E-state index contributed by atoms with van der Waals surface area (Å²) in [6, 6.07) is 3.27. The molecule has 4 heteroatoms. The van der Waals surface area contributed by atoms with Crippen LogP contribution in [-0.4, -0.2) is 11.7 Å². The Kier molecular flexibility index (Phi) is 3.33. The molecule has 0 aliphatic rings. The number of rotatable bonds is 3. The van der Waals surface area contributed by atoms with Crippen molar-refractivity contribution in [2.24, 2.45) is 11.5 Å². The van der Waals surface area contributed by atoms with Gasteiger partial charge in [-0.1, -0.05) is 6.07 Å². The van der Waals surface area contributed by atoms with Gasteiger partial charge in [0.05, 0.1) is 5.69 Å². The Morgan fingerprint density at radius 1 is 1.43 bits per heavy atom. The maximum Gasteiger partial charge on any atom is 0.143 e. The number of anilines is 1. The predicted molar refractivity (Wildman–Crippen MR) is 57.9 cm³/mol. The summed E-state index contributed by atoms with van der Waals surface area (Å²) >= 11 is 0. The molecule has 0 aliphatic carbocycles. The van der Waals surface area contributed by atoms with Crippen molar-refractivity contribution in [2.75, 3.05) is 12.3 Å². The maximum atomic E-state index is 9.73. The largest absolute Gasteiger partial charge is 0.505 e. The van der Waals surface area contributed by atoms with Crippen LogP contribution in [0.2, 0.25) is 0 Å². The van der Waals surface area contributed by atoms with Gasteiger partial charge in [-0.05, 0) is 31.5 Å². The lowest BCUT2D eigenvalue weighted by Gasteiger charge is -2.16. The predicted octanol–water partition coefficient (Wildman–Crippen LogP) is 0.631. The summed E-state index contributed by atoms with van der Waals surface area (Å²) in [6.45, 7) is 2.39. The molecule has 0 spiro atoms. The van der Waals surface area contributed by atoms with E-state index in [0.717, 1.165) is 5.56 Å². The van der Waals surface area contributed by atoms with E-state index >= 15 is 0 Å². The molecule has 0 bridgehead atoms. The Morgan fingerprint density at radius 3 is 2.64 bits per heavy atom. The number of aryl methyl sites for hydroxylation is 1. The number of hydrogen-bond acceptors (Lipinski definition) is 4. The van der Waals surface area contributed by atoms with Crippen LogP contribution in [0.15, 0.2) is 12.1 Å². The van der Waals surface area contributed by atoms with E-state index < -0.39 is 0 Å². The number of aromatic hydroxyl groups is 1. The molecule has 1 aromatic rings. The van der Waals surface area contributed by atoms with Crippen molar-refractivity contribution < 1.29 is 5.11 Å². The van der Waals surface area contributed by atoms with Gasteiger partial charge in [-0.25, -0.2) is 0 Å². The van der Waals surface area contributed by atoms with E-state index in [9.17, 15) is 5.11 Å². The molecule has 1 aromatic carbocycles. The third-order valence-electron chi connectivity index (χ3n) is 2.31. The fourth-order valence-electron chi connectivity index (χ4n) is 1.52. The standard InChI is InChI=1S/C10H17N3O/c1-6-2-3-8(13)10(14)9(6)7(12)4-5-11/h2-3,7,14H,4-5,11-13H2,1H3/t7-/m0/s1. The second-order valence-electron chi connectivity index (χ2n) is 3.42. The van der Waals surface area contributed by atoms with Crippen LogP contribution in [-0.2, 0) is 0 Å². The molecular weight excluding hydrogens is 178 g/mol. The summed E-state index contributed by atoms with van der Waals surface area (Å²) in [5.74, 6) is 0.0888. The smallest absolute Gasteiger partial charge is 0.143 e. The van der Waals surface area contributed by atoms with E-state index in [0.29, 0.717) is 24.2 Å². The first-order chi connectivity index (χ1) is 6.57. The normalized spacial score (nSPS) is 12.8. The minimum atomic E-state index is -0.247. The summed E-state index contributed by atoms with van der Waals surface area (Å²) in [4.78, 5) is 0. The van der Waals surface area contributed by atoms with E-state index in [1.54, 1.807) is 6.07 Å². The molecule has 0 unspecified atom stereocenters. The lowest BCUT2D eigenvalue weighted by atomic mass is 9.97. The molecule has 14 heavy (non-hydrogen) atoms. The molecule has 0 aliphatic heterocycles. The lowest BCUT2D eigenvalue weighted by molar-refractivity contribution is 0.461. The zero-order valence-corrected chi connectivity index (χ0v) is 8.33. The minimum absolute atomic E-state index is 0.0888. The van der Waals surface area contributed by atoms with Crippen LogP contribution in [0.4, 0.5) is 5.69 Å². The van der Waals surface area contributed by atoms with Crippen molar-refractivity contribution in [3.05, 3.63) is 23.3 Å². The van der Waals surface area contributed by atoms with Crippen molar-refractivity contribution in [1.82, 2.24) is 0 Å². The zero-order chi connectivity index (χ0) is 10.7. The first-order valence-corrected chi connectivity index (χ1v) is 4.61. The van der Waals surface area contributed by atoms with E-state index in [2.05, 4.69) is 0 Å². The highest BCUT2D eigenvalue weighted by molar-refractivity contribution is 5.59. The Balaban J connectivity index is 3.11. The van der Waals surface area contributed by atoms with E-state index in [1.165, 1.54) is 0 Å². The number of nitrogens with two attached hydrogens (primary N) is 3. The highest BCUT2D eigenvalue weighted by Crippen LogP contribution is 2.32. The molecular formula is C10H17N3O. The molecule has 0 heterocycles. The number of phenolic OH excluding ortho intramolecular Hbond substituents is 1. The van der Waals surface area contributed by atoms with Gasteiger partial charge in [0.25, 0.3) is 0 Å². The van der Waals surface area contributed by atoms with Crippen molar-refractivity contribution in [3.63, 3.8) is 0 Å². The molecule has 0 amide bonds. The first-order valence-electron chi connectivity index (χ1n) is 4.61. The highest BCUT2D eigenvalue weighted by atomic mass is 16.3. The van der Waals surface area contributed by atoms with Crippen LogP contribution >= 0.6 is 0 Å². The van der Waals surface area contributed by atoms with Gasteiger partial charge in [0.15, 0.2) is 0 Å². The van der Waals surface area contributed by atoms with Crippen LogP contribution in [0.25, 0.3) is 0 Å². The summed E-state index contributed by atoms with van der Waals surface area (Å²) in [6.07, 6.45) is 0.637. The number of phenols is 1. The average molecular weight is 195 g/mol. The fraction of sp³-hybridized carbons (Fsp3) is 0.400. The Bertz CT molecular complexity index is 325. The highest BCUT2D eigenvalue weighted by Gasteiger charge is 2.14. The van der Waals surface area contributed by atoms with Gasteiger partial charge < -0.3 is 22.3 Å². The van der Waals surface area contributed by atoms with E-state index in [1.807, 2.05) is 13.0 Å². The molecule has 0 saturated carbocycles. The van der Waals surface area contributed by atoms with Crippen LogP contribution < -0.4 is 17.2 Å². The molecule has 1 atom stereocenters. The number of benzene rings is 1. The molecule has 1 rings (SSSR count). The molecule has 4 nitrogen and oxygen atoms in total. The van der Waals surface area contributed by atoms with Crippen molar-refractivity contribution >= 4 is 5.69 Å². The topological polar surface area (TPSA) is 98.3 Å². The first kappa shape index (κ1) is 10.8. The maximum absolute atomic E-state index is 9.73. The van der Waals surface area contributed by atoms with Gasteiger partial charge >= 0.3 is 0 Å². The van der Waals surface area contributed by atoms with Gasteiger partial charge in [0.1, 0.15) is 5.75 Å². The van der Waals surface area contributed by atoms with Gasteiger partial charge in [-0.15, -0.1) is 0 Å². The van der Waals surface area contributed by atoms with Crippen LogP contribution in [0.5, 0.6) is 5.75 Å². The second-order valence-corrected chi connectivity index (χ2v) is 3.42. The van der Waals surface area contributed by atoms with Crippen molar-refractivity contribution in [2.45, 2.75) is 19.4 Å². The molecule has 0 fully saturated rings. The monoisotopic (exact) mass is 195 g/mol. The van der Waals surface area contributed by atoms with E-state index in [-0.39, 0.29) is 11.8 Å².